The number of carbonyl (C=O) groups excluding carboxylic acids is 1. The molecule has 1 amide bonds. The molecule has 0 radical (unpaired) electrons. The highest BCUT2D eigenvalue weighted by Crippen LogP contribution is 2.31. The van der Waals surface area contributed by atoms with Crippen LogP contribution >= 0.6 is 23.2 Å². The number of quaternary nitrogens is 1. The number of amides is 1. The Kier molecular flexibility index (Phi) is 6.47. The highest BCUT2D eigenvalue weighted by atomic mass is 35.5. The van der Waals surface area contributed by atoms with E-state index in [9.17, 15) is 4.79 Å². The van der Waals surface area contributed by atoms with Crippen LogP contribution in [0.5, 0.6) is 11.5 Å². The SMILES string of the molecule is COc1ccc(OC)c([C@@H]2CCC[NH+]2CC(=O)Nc2ccc(Cl)cc2Cl)c1. The summed E-state index contributed by atoms with van der Waals surface area (Å²) in [6.45, 7) is 1.27. The van der Waals surface area contributed by atoms with Gasteiger partial charge in [0, 0.05) is 17.9 Å². The van der Waals surface area contributed by atoms with Crippen molar-refractivity contribution in [2.45, 2.75) is 18.9 Å². The second-order valence-corrected chi connectivity index (χ2v) is 7.40. The van der Waals surface area contributed by atoms with E-state index < -0.39 is 0 Å². The van der Waals surface area contributed by atoms with Crippen LogP contribution in [-0.4, -0.2) is 33.2 Å². The predicted octanol–water partition coefficient (Wildman–Crippen LogP) is 3.37. The first-order valence-electron chi connectivity index (χ1n) is 8.83. The molecule has 3 rings (SSSR count). The summed E-state index contributed by atoms with van der Waals surface area (Å²) in [7, 11) is 3.31. The van der Waals surface area contributed by atoms with Gasteiger partial charge in [-0.15, -0.1) is 0 Å². The second kappa shape index (κ2) is 8.83. The van der Waals surface area contributed by atoms with E-state index in [1.807, 2.05) is 18.2 Å². The van der Waals surface area contributed by atoms with Crippen LogP contribution in [0.4, 0.5) is 5.69 Å². The fraction of sp³-hybridized carbons (Fsp3) is 0.350. The first-order chi connectivity index (χ1) is 13.0. The molecule has 7 heteroatoms. The summed E-state index contributed by atoms with van der Waals surface area (Å²) in [5.41, 5.74) is 1.64. The van der Waals surface area contributed by atoms with Gasteiger partial charge < -0.3 is 19.7 Å². The van der Waals surface area contributed by atoms with Crippen molar-refractivity contribution in [1.82, 2.24) is 0 Å². The molecule has 5 nitrogen and oxygen atoms in total. The molecule has 2 atom stereocenters. The van der Waals surface area contributed by atoms with E-state index in [4.69, 9.17) is 32.7 Å². The zero-order valence-corrected chi connectivity index (χ0v) is 16.9. The lowest BCUT2D eigenvalue weighted by Gasteiger charge is -2.23. The summed E-state index contributed by atoms with van der Waals surface area (Å²) in [5, 5.41) is 3.85. The summed E-state index contributed by atoms with van der Waals surface area (Å²) in [6, 6.07) is 11.0. The third kappa shape index (κ3) is 4.67. The summed E-state index contributed by atoms with van der Waals surface area (Å²) in [5.74, 6) is 1.53. The number of nitrogens with one attached hydrogen (secondary N) is 2. The topological polar surface area (TPSA) is 52.0 Å². The summed E-state index contributed by atoms with van der Waals surface area (Å²) in [6.07, 6.45) is 2.04. The first kappa shape index (κ1) is 19.8. The number of likely N-dealkylation sites (tertiary alicyclic amines) is 1. The molecular formula is C20H23Cl2N2O3+. The van der Waals surface area contributed by atoms with Crippen molar-refractivity contribution in [3.63, 3.8) is 0 Å². The fourth-order valence-corrected chi connectivity index (χ4v) is 4.06. The van der Waals surface area contributed by atoms with Gasteiger partial charge in [-0.25, -0.2) is 0 Å². The van der Waals surface area contributed by atoms with Crippen LogP contribution in [0.25, 0.3) is 0 Å². The van der Waals surface area contributed by atoms with E-state index in [0.29, 0.717) is 22.3 Å². The molecule has 0 spiro atoms. The van der Waals surface area contributed by atoms with E-state index in [2.05, 4.69) is 5.32 Å². The Morgan fingerprint density at radius 2 is 2.00 bits per heavy atom. The minimum Gasteiger partial charge on any atom is -0.497 e. The Morgan fingerprint density at radius 3 is 2.70 bits per heavy atom. The van der Waals surface area contributed by atoms with Gasteiger partial charge in [-0.3, -0.25) is 4.79 Å². The second-order valence-electron chi connectivity index (χ2n) is 6.56. The Labute approximate surface area is 169 Å². The highest BCUT2D eigenvalue weighted by molar-refractivity contribution is 6.36. The number of rotatable bonds is 6. The van der Waals surface area contributed by atoms with Gasteiger partial charge >= 0.3 is 0 Å². The van der Waals surface area contributed by atoms with Gasteiger partial charge in [-0.05, 0) is 36.4 Å². The molecule has 1 unspecified atom stereocenters. The average Bonchev–Trinajstić information content (AvgIpc) is 3.11. The van der Waals surface area contributed by atoms with E-state index in [1.165, 1.54) is 4.90 Å². The molecule has 1 heterocycles. The summed E-state index contributed by atoms with van der Waals surface area (Å²) < 4.78 is 10.9. The van der Waals surface area contributed by atoms with Crippen molar-refractivity contribution in [3.8, 4) is 11.5 Å². The molecule has 1 saturated heterocycles. The van der Waals surface area contributed by atoms with E-state index in [-0.39, 0.29) is 11.9 Å². The van der Waals surface area contributed by atoms with Gasteiger partial charge in [0.1, 0.15) is 17.5 Å². The molecule has 0 aromatic heterocycles. The van der Waals surface area contributed by atoms with Gasteiger partial charge in [-0.1, -0.05) is 23.2 Å². The molecule has 1 aliphatic heterocycles. The molecule has 0 bridgehead atoms. The number of halogens is 2. The third-order valence-corrected chi connectivity index (χ3v) is 5.44. The third-order valence-electron chi connectivity index (χ3n) is 4.89. The van der Waals surface area contributed by atoms with E-state index in [1.54, 1.807) is 32.4 Å². The van der Waals surface area contributed by atoms with Crippen LogP contribution in [-0.2, 0) is 4.79 Å². The number of benzene rings is 2. The molecule has 1 aliphatic rings. The standard InChI is InChI=1S/C20H22Cl2N2O3/c1-26-14-6-8-19(27-2)15(11-14)18-4-3-9-24(18)12-20(25)23-17-7-5-13(21)10-16(17)22/h5-8,10-11,18H,3-4,9,12H2,1-2H3,(H,23,25)/p+1/t18-/m0/s1. The Balaban J connectivity index is 1.74. The van der Waals surface area contributed by atoms with Crippen LogP contribution in [0.1, 0.15) is 24.4 Å². The van der Waals surface area contributed by atoms with E-state index >= 15 is 0 Å². The zero-order valence-electron chi connectivity index (χ0n) is 15.4. The van der Waals surface area contributed by atoms with Crippen molar-refractivity contribution in [1.29, 1.82) is 0 Å². The highest BCUT2D eigenvalue weighted by Gasteiger charge is 2.34. The van der Waals surface area contributed by atoms with Crippen molar-refractivity contribution in [2.24, 2.45) is 0 Å². The first-order valence-corrected chi connectivity index (χ1v) is 9.59. The average molecular weight is 410 g/mol. The van der Waals surface area contributed by atoms with Gasteiger partial charge in [-0.2, -0.15) is 0 Å². The largest absolute Gasteiger partial charge is 0.497 e. The molecule has 2 aromatic rings. The van der Waals surface area contributed by atoms with Crippen LogP contribution in [0, 0.1) is 0 Å². The maximum Gasteiger partial charge on any atom is 0.279 e. The number of hydrogen-bond donors (Lipinski definition) is 2. The number of hydrogen-bond acceptors (Lipinski definition) is 3. The van der Waals surface area contributed by atoms with Gasteiger partial charge in [0.05, 0.1) is 37.0 Å². The summed E-state index contributed by atoms with van der Waals surface area (Å²) >= 11 is 12.1. The van der Waals surface area contributed by atoms with Gasteiger partial charge in [0.25, 0.3) is 5.91 Å². The minimum atomic E-state index is -0.0806. The molecule has 2 N–H and O–H groups in total. The maximum absolute atomic E-state index is 12.6. The van der Waals surface area contributed by atoms with Crippen LogP contribution < -0.4 is 19.7 Å². The normalized spacial score (nSPS) is 19.0. The molecule has 144 valence electrons. The lowest BCUT2D eigenvalue weighted by Crippen LogP contribution is -3.11. The fourth-order valence-electron chi connectivity index (χ4n) is 3.60. The monoisotopic (exact) mass is 409 g/mol. The van der Waals surface area contributed by atoms with Crippen molar-refractivity contribution >= 4 is 34.8 Å². The quantitative estimate of drug-likeness (QED) is 0.768. The minimum absolute atomic E-state index is 0.0806. The summed E-state index contributed by atoms with van der Waals surface area (Å²) in [4.78, 5) is 13.8. The molecule has 1 fully saturated rings. The lowest BCUT2D eigenvalue weighted by atomic mass is 10.0. The molecular weight excluding hydrogens is 387 g/mol. The van der Waals surface area contributed by atoms with Gasteiger partial charge in [0.2, 0.25) is 0 Å². The lowest BCUT2D eigenvalue weighted by molar-refractivity contribution is -0.910. The Morgan fingerprint density at radius 1 is 1.19 bits per heavy atom. The maximum atomic E-state index is 12.6. The number of carbonyl (C=O) groups is 1. The van der Waals surface area contributed by atoms with E-state index in [0.717, 1.165) is 36.4 Å². The molecule has 0 saturated carbocycles. The molecule has 2 aromatic carbocycles. The smallest absolute Gasteiger partial charge is 0.279 e. The van der Waals surface area contributed by atoms with Crippen molar-refractivity contribution in [3.05, 3.63) is 52.0 Å². The van der Waals surface area contributed by atoms with Crippen LogP contribution in [0.2, 0.25) is 10.0 Å². The van der Waals surface area contributed by atoms with Crippen LogP contribution in [0.15, 0.2) is 36.4 Å². The van der Waals surface area contributed by atoms with Crippen LogP contribution in [0.3, 0.4) is 0 Å². The zero-order chi connectivity index (χ0) is 19.4. The van der Waals surface area contributed by atoms with Crippen molar-refractivity contribution in [2.75, 3.05) is 32.6 Å². The number of anilines is 1. The number of ether oxygens (including phenoxy) is 2. The van der Waals surface area contributed by atoms with Crippen molar-refractivity contribution < 1.29 is 19.2 Å². The number of methoxy groups -OCH3 is 2. The molecule has 27 heavy (non-hydrogen) atoms. The predicted molar refractivity (Wildman–Crippen MR) is 107 cm³/mol. The Bertz CT molecular complexity index is 829. The van der Waals surface area contributed by atoms with Gasteiger partial charge in [0.15, 0.2) is 6.54 Å². The Hall–Kier alpha value is -1.95. The molecule has 0 aliphatic carbocycles.